The second-order valence-electron chi connectivity index (χ2n) is 9.24. The number of amides is 5. The Kier molecular flexibility index (Phi) is 8.50. The van der Waals surface area contributed by atoms with Gasteiger partial charge in [0.25, 0.3) is 0 Å². The smallest absolute Gasteiger partial charge is 0.243 e. The van der Waals surface area contributed by atoms with E-state index in [1.165, 1.54) is 4.90 Å². The Hall–Kier alpha value is -4.21. The number of benzene rings is 2. The topological polar surface area (TPSA) is 137 Å². The van der Waals surface area contributed by atoms with E-state index in [0.29, 0.717) is 19.4 Å². The Labute approximate surface area is 215 Å². The Balaban J connectivity index is 1.56. The number of nitrogens with one attached hydrogen (secondary N) is 4. The maximum absolute atomic E-state index is 13.2. The summed E-state index contributed by atoms with van der Waals surface area (Å²) in [6, 6.07) is 15.8. The largest absolute Gasteiger partial charge is 0.345 e. The summed E-state index contributed by atoms with van der Waals surface area (Å²) in [5, 5.41) is 10.6. The molecule has 194 valence electrons. The lowest BCUT2D eigenvalue weighted by Crippen LogP contribution is -2.55. The average Bonchev–Trinajstić information content (AvgIpc) is 3.40. The van der Waals surface area contributed by atoms with Gasteiger partial charge >= 0.3 is 0 Å². The van der Waals surface area contributed by atoms with Crippen molar-refractivity contribution in [2.24, 2.45) is 0 Å². The highest BCUT2D eigenvalue weighted by atomic mass is 16.2. The number of nitrogens with zero attached hydrogens (tertiary/aromatic N) is 1. The van der Waals surface area contributed by atoms with Crippen molar-refractivity contribution < 1.29 is 24.0 Å². The van der Waals surface area contributed by atoms with Gasteiger partial charge in [-0.25, -0.2) is 0 Å². The first-order valence-corrected chi connectivity index (χ1v) is 12.4. The molecule has 0 aromatic heterocycles. The Morgan fingerprint density at radius 1 is 0.676 bits per heavy atom. The van der Waals surface area contributed by atoms with Crippen molar-refractivity contribution in [3.8, 4) is 0 Å². The Morgan fingerprint density at radius 2 is 1.22 bits per heavy atom. The Morgan fingerprint density at radius 3 is 1.81 bits per heavy atom. The molecule has 10 nitrogen and oxygen atoms in total. The minimum atomic E-state index is -0.945. The lowest BCUT2D eigenvalue weighted by molar-refractivity contribution is -0.139. The van der Waals surface area contributed by atoms with Crippen LogP contribution in [0.5, 0.6) is 0 Å². The molecule has 2 aromatic carbocycles. The molecule has 4 N–H and O–H groups in total. The SMILES string of the molecule is O=C1CNC(=O)[C@H](Cc2ccccc2)NC(=O)[C@@H]2CCCN2C(=O)CNC(=O)[C@H](Cc2ccccc2)N1. The predicted octanol–water partition coefficient (Wildman–Crippen LogP) is -0.322. The first-order chi connectivity index (χ1) is 17.9. The molecule has 2 fully saturated rings. The molecule has 0 bridgehead atoms. The molecule has 0 radical (unpaired) electrons. The van der Waals surface area contributed by atoms with Crippen molar-refractivity contribution in [1.29, 1.82) is 0 Å². The molecule has 3 atom stereocenters. The second kappa shape index (κ2) is 12.2. The van der Waals surface area contributed by atoms with Crippen molar-refractivity contribution in [3.05, 3.63) is 71.8 Å². The maximum Gasteiger partial charge on any atom is 0.243 e. The molecule has 0 saturated carbocycles. The summed E-state index contributed by atoms with van der Waals surface area (Å²) in [5.41, 5.74) is 1.66. The molecule has 0 spiro atoms. The van der Waals surface area contributed by atoms with E-state index in [-0.39, 0.29) is 25.9 Å². The van der Waals surface area contributed by atoms with Crippen LogP contribution in [0.1, 0.15) is 24.0 Å². The number of carbonyl (C=O) groups excluding carboxylic acids is 5. The van der Waals surface area contributed by atoms with Crippen LogP contribution in [0.2, 0.25) is 0 Å². The lowest BCUT2D eigenvalue weighted by atomic mass is 10.0. The van der Waals surface area contributed by atoms with Crippen molar-refractivity contribution in [3.63, 3.8) is 0 Å². The van der Waals surface area contributed by atoms with Gasteiger partial charge in [-0.15, -0.1) is 0 Å². The van der Waals surface area contributed by atoms with Crippen LogP contribution >= 0.6 is 0 Å². The number of carbonyl (C=O) groups is 5. The van der Waals surface area contributed by atoms with Gasteiger partial charge in [0.15, 0.2) is 0 Å². The molecular formula is C27H31N5O5. The van der Waals surface area contributed by atoms with E-state index in [1.807, 2.05) is 60.7 Å². The van der Waals surface area contributed by atoms with E-state index in [0.717, 1.165) is 11.1 Å². The van der Waals surface area contributed by atoms with Crippen LogP contribution in [0.4, 0.5) is 0 Å². The molecule has 10 heteroatoms. The van der Waals surface area contributed by atoms with Gasteiger partial charge in [0.1, 0.15) is 18.1 Å². The quantitative estimate of drug-likeness (QED) is 0.452. The fraction of sp³-hybridized carbons (Fsp3) is 0.370. The highest BCUT2D eigenvalue weighted by Crippen LogP contribution is 2.18. The van der Waals surface area contributed by atoms with E-state index >= 15 is 0 Å². The van der Waals surface area contributed by atoms with Crippen LogP contribution in [-0.4, -0.2) is 72.2 Å². The van der Waals surface area contributed by atoms with Gasteiger partial charge in [0.05, 0.1) is 13.1 Å². The van der Waals surface area contributed by atoms with E-state index < -0.39 is 47.7 Å². The summed E-state index contributed by atoms with van der Waals surface area (Å²) in [4.78, 5) is 66.3. The molecule has 2 heterocycles. The maximum atomic E-state index is 13.2. The number of hydrogen-bond acceptors (Lipinski definition) is 5. The summed E-state index contributed by atoms with van der Waals surface area (Å²) >= 11 is 0. The molecular weight excluding hydrogens is 474 g/mol. The second-order valence-corrected chi connectivity index (χ2v) is 9.24. The fourth-order valence-corrected chi connectivity index (χ4v) is 4.65. The Bertz CT molecular complexity index is 1140. The van der Waals surface area contributed by atoms with Gasteiger partial charge in [-0.05, 0) is 24.0 Å². The minimum Gasteiger partial charge on any atom is -0.345 e. The zero-order valence-corrected chi connectivity index (χ0v) is 20.4. The van der Waals surface area contributed by atoms with E-state index in [1.54, 1.807) is 0 Å². The number of fused-ring (bicyclic) bond motifs is 1. The van der Waals surface area contributed by atoms with Crippen LogP contribution in [0, 0.1) is 0 Å². The zero-order chi connectivity index (χ0) is 26.2. The summed E-state index contributed by atoms with van der Waals surface area (Å²) in [6.07, 6.45) is 1.53. The normalized spacial score (nSPS) is 23.6. The van der Waals surface area contributed by atoms with Gasteiger partial charge in [-0.3, -0.25) is 24.0 Å². The molecule has 0 aliphatic carbocycles. The summed E-state index contributed by atoms with van der Waals surface area (Å²) in [7, 11) is 0. The first-order valence-electron chi connectivity index (χ1n) is 12.4. The third-order valence-corrected chi connectivity index (χ3v) is 6.56. The molecule has 2 aromatic rings. The highest BCUT2D eigenvalue weighted by Gasteiger charge is 2.36. The minimum absolute atomic E-state index is 0.212. The molecule has 37 heavy (non-hydrogen) atoms. The zero-order valence-electron chi connectivity index (χ0n) is 20.4. The van der Waals surface area contributed by atoms with E-state index in [9.17, 15) is 24.0 Å². The van der Waals surface area contributed by atoms with E-state index in [2.05, 4.69) is 21.3 Å². The van der Waals surface area contributed by atoms with Crippen molar-refractivity contribution >= 4 is 29.5 Å². The highest BCUT2D eigenvalue weighted by molar-refractivity contribution is 5.96. The number of hydrogen-bond donors (Lipinski definition) is 4. The van der Waals surface area contributed by atoms with Gasteiger partial charge in [0, 0.05) is 19.4 Å². The van der Waals surface area contributed by atoms with Crippen LogP contribution in [0.15, 0.2) is 60.7 Å². The van der Waals surface area contributed by atoms with Crippen LogP contribution in [-0.2, 0) is 36.8 Å². The van der Waals surface area contributed by atoms with Crippen molar-refractivity contribution in [2.75, 3.05) is 19.6 Å². The molecule has 5 amide bonds. The molecule has 2 saturated heterocycles. The molecule has 0 unspecified atom stereocenters. The summed E-state index contributed by atoms with van der Waals surface area (Å²) in [5.74, 6) is -2.43. The van der Waals surface area contributed by atoms with Crippen molar-refractivity contribution in [1.82, 2.24) is 26.2 Å². The molecule has 2 aliphatic heterocycles. The standard InChI is InChI=1S/C27H31N5O5/c33-23-16-28-26(36)21(15-19-10-5-2-6-11-19)31-27(37)22-12-7-13-32(22)24(34)17-29-25(35)20(30-23)14-18-8-3-1-4-9-18/h1-6,8-11,20-22H,7,12-17H2,(H,28,36)(H,29,35)(H,30,33)(H,31,37)/t20-,21-,22-/m0/s1. The van der Waals surface area contributed by atoms with Crippen molar-refractivity contribution in [2.45, 2.75) is 43.8 Å². The van der Waals surface area contributed by atoms with Gasteiger partial charge in [0.2, 0.25) is 29.5 Å². The predicted molar refractivity (Wildman–Crippen MR) is 135 cm³/mol. The van der Waals surface area contributed by atoms with E-state index in [4.69, 9.17) is 0 Å². The van der Waals surface area contributed by atoms with Crippen LogP contribution in [0.3, 0.4) is 0 Å². The monoisotopic (exact) mass is 505 g/mol. The first kappa shape index (κ1) is 25.9. The summed E-state index contributed by atoms with van der Waals surface area (Å²) < 4.78 is 0. The van der Waals surface area contributed by atoms with Crippen LogP contribution < -0.4 is 21.3 Å². The number of rotatable bonds is 4. The fourth-order valence-electron chi connectivity index (χ4n) is 4.65. The average molecular weight is 506 g/mol. The third-order valence-electron chi connectivity index (χ3n) is 6.56. The summed E-state index contributed by atoms with van der Waals surface area (Å²) in [6.45, 7) is -0.284. The van der Waals surface area contributed by atoms with Gasteiger partial charge in [-0.2, -0.15) is 0 Å². The molecule has 4 rings (SSSR count). The van der Waals surface area contributed by atoms with Gasteiger partial charge < -0.3 is 26.2 Å². The van der Waals surface area contributed by atoms with Crippen LogP contribution in [0.25, 0.3) is 0 Å². The van der Waals surface area contributed by atoms with Gasteiger partial charge in [-0.1, -0.05) is 60.7 Å². The third kappa shape index (κ3) is 6.93. The lowest BCUT2D eigenvalue weighted by Gasteiger charge is -2.26. The molecule has 2 aliphatic rings.